The summed E-state index contributed by atoms with van der Waals surface area (Å²) in [5, 5.41) is 9.65. The van der Waals surface area contributed by atoms with Gasteiger partial charge in [-0.05, 0) is 48.7 Å². The van der Waals surface area contributed by atoms with Crippen LogP contribution in [0, 0.1) is 0 Å². The van der Waals surface area contributed by atoms with Crippen molar-refractivity contribution in [3.63, 3.8) is 0 Å². The number of pyridine rings is 1. The number of thioether (sulfide) groups is 1. The summed E-state index contributed by atoms with van der Waals surface area (Å²) in [6.07, 6.45) is 3.52. The first kappa shape index (κ1) is 22.7. The Labute approximate surface area is 198 Å². The zero-order chi connectivity index (χ0) is 23.2. The highest BCUT2D eigenvalue weighted by Gasteiger charge is 2.21. The predicted octanol–water partition coefficient (Wildman–Crippen LogP) is 5.60. The topological polar surface area (TPSA) is 63.9 Å². The minimum absolute atomic E-state index is 0.0309. The molecule has 7 heteroatoms. The molecule has 4 rings (SSSR count). The van der Waals surface area contributed by atoms with E-state index in [0.717, 1.165) is 16.9 Å². The second-order valence-electron chi connectivity index (χ2n) is 7.86. The summed E-state index contributed by atoms with van der Waals surface area (Å²) in [6.45, 7) is 6.93. The Balaban J connectivity index is 1.70. The lowest BCUT2D eigenvalue weighted by molar-refractivity contribution is -0.116. The van der Waals surface area contributed by atoms with E-state index in [-0.39, 0.29) is 11.7 Å². The van der Waals surface area contributed by atoms with Crippen LogP contribution < -0.4 is 4.90 Å². The molecule has 6 nitrogen and oxygen atoms in total. The number of anilines is 1. The fourth-order valence-electron chi connectivity index (χ4n) is 3.76. The fourth-order valence-corrected chi connectivity index (χ4v) is 4.58. The summed E-state index contributed by atoms with van der Waals surface area (Å²) in [5.74, 6) is 1.32. The van der Waals surface area contributed by atoms with Crippen LogP contribution >= 0.6 is 11.8 Å². The lowest BCUT2D eigenvalue weighted by Gasteiger charge is -2.21. The number of benzene rings is 2. The van der Waals surface area contributed by atoms with Crippen molar-refractivity contribution >= 4 is 23.4 Å². The first-order chi connectivity index (χ1) is 16.1. The Morgan fingerprint density at radius 1 is 1.00 bits per heavy atom. The van der Waals surface area contributed by atoms with Crippen LogP contribution in [0.3, 0.4) is 0 Å². The molecule has 0 saturated heterocycles. The van der Waals surface area contributed by atoms with Crippen molar-refractivity contribution in [1.82, 2.24) is 19.7 Å². The van der Waals surface area contributed by atoms with Crippen molar-refractivity contribution in [3.8, 4) is 17.1 Å². The number of nitrogens with zero attached hydrogens (tertiary/aromatic N) is 5. The van der Waals surface area contributed by atoms with Gasteiger partial charge < -0.3 is 4.90 Å². The average Bonchev–Trinajstić information content (AvgIpc) is 3.28. The number of aromatic nitrogens is 4. The van der Waals surface area contributed by atoms with E-state index < -0.39 is 0 Å². The van der Waals surface area contributed by atoms with Crippen LogP contribution in [0.5, 0.6) is 0 Å². The number of carbonyl (C=O) groups is 1. The first-order valence-corrected chi connectivity index (χ1v) is 12.0. The molecule has 0 aliphatic carbocycles. The zero-order valence-electron chi connectivity index (χ0n) is 19.0. The number of hydrogen-bond donors (Lipinski definition) is 0. The SMILES string of the molecule is CCN(C(=O)CSc1nnc(-c2cccnc2)n1-c1ccccc1C(C)C)c1ccccc1. The predicted molar refractivity (Wildman–Crippen MR) is 134 cm³/mol. The largest absolute Gasteiger partial charge is 0.312 e. The minimum atomic E-state index is 0.0309. The number of para-hydroxylation sites is 2. The quantitative estimate of drug-likeness (QED) is 0.322. The second-order valence-corrected chi connectivity index (χ2v) is 8.80. The van der Waals surface area contributed by atoms with E-state index in [4.69, 9.17) is 0 Å². The van der Waals surface area contributed by atoms with E-state index in [9.17, 15) is 4.79 Å². The van der Waals surface area contributed by atoms with Crippen LogP contribution in [0.4, 0.5) is 5.69 Å². The Morgan fingerprint density at radius 2 is 1.76 bits per heavy atom. The lowest BCUT2D eigenvalue weighted by atomic mass is 10.0. The molecule has 0 radical (unpaired) electrons. The molecule has 0 N–H and O–H groups in total. The van der Waals surface area contributed by atoms with Gasteiger partial charge in [-0.25, -0.2) is 0 Å². The van der Waals surface area contributed by atoms with Crippen molar-refractivity contribution in [1.29, 1.82) is 0 Å². The van der Waals surface area contributed by atoms with Crippen LogP contribution in [0.1, 0.15) is 32.3 Å². The van der Waals surface area contributed by atoms with E-state index in [1.165, 1.54) is 17.3 Å². The molecule has 0 atom stereocenters. The van der Waals surface area contributed by atoms with Gasteiger partial charge in [0, 0.05) is 30.2 Å². The monoisotopic (exact) mass is 457 g/mol. The van der Waals surface area contributed by atoms with Gasteiger partial charge in [0.05, 0.1) is 11.4 Å². The van der Waals surface area contributed by atoms with Gasteiger partial charge in [-0.15, -0.1) is 10.2 Å². The summed E-state index contributed by atoms with van der Waals surface area (Å²) in [6, 6.07) is 21.9. The summed E-state index contributed by atoms with van der Waals surface area (Å²) in [7, 11) is 0. The van der Waals surface area contributed by atoms with Gasteiger partial charge in [0.2, 0.25) is 5.91 Å². The number of rotatable bonds is 8. The average molecular weight is 458 g/mol. The van der Waals surface area contributed by atoms with Crippen LogP contribution in [0.25, 0.3) is 17.1 Å². The molecule has 1 amide bonds. The van der Waals surface area contributed by atoms with Crippen molar-refractivity contribution in [2.24, 2.45) is 0 Å². The Hall–Kier alpha value is -3.45. The summed E-state index contributed by atoms with van der Waals surface area (Å²) in [5.41, 5.74) is 3.98. The van der Waals surface area contributed by atoms with Gasteiger partial charge in [0.1, 0.15) is 0 Å². The van der Waals surface area contributed by atoms with Gasteiger partial charge in [-0.1, -0.05) is 62.0 Å². The Kier molecular flexibility index (Phi) is 7.19. The molecular weight excluding hydrogens is 430 g/mol. The third kappa shape index (κ3) is 4.98. The summed E-state index contributed by atoms with van der Waals surface area (Å²) < 4.78 is 2.04. The van der Waals surface area contributed by atoms with E-state index in [1.54, 1.807) is 17.3 Å². The third-order valence-electron chi connectivity index (χ3n) is 5.36. The number of hydrogen-bond acceptors (Lipinski definition) is 5. The zero-order valence-corrected chi connectivity index (χ0v) is 19.9. The smallest absolute Gasteiger partial charge is 0.237 e. The first-order valence-electron chi connectivity index (χ1n) is 11.0. The minimum Gasteiger partial charge on any atom is -0.312 e. The van der Waals surface area contributed by atoms with Crippen molar-refractivity contribution in [3.05, 3.63) is 84.7 Å². The summed E-state index contributed by atoms with van der Waals surface area (Å²) in [4.78, 5) is 19.1. The molecule has 2 aromatic heterocycles. The highest BCUT2D eigenvalue weighted by molar-refractivity contribution is 7.99. The standard InChI is InChI=1S/C26H27N5OS/c1-4-30(21-12-6-5-7-13-21)24(32)18-33-26-29-28-25(20-11-10-16-27-17-20)31(26)23-15-9-8-14-22(23)19(2)3/h5-17,19H,4,18H2,1-3H3. The van der Waals surface area contributed by atoms with Crippen LogP contribution in [0.2, 0.25) is 0 Å². The van der Waals surface area contributed by atoms with Crippen molar-refractivity contribution in [2.75, 3.05) is 17.2 Å². The van der Waals surface area contributed by atoms with E-state index in [0.29, 0.717) is 23.4 Å². The molecule has 0 bridgehead atoms. The highest BCUT2D eigenvalue weighted by atomic mass is 32.2. The molecule has 0 fully saturated rings. The lowest BCUT2D eigenvalue weighted by Crippen LogP contribution is -2.32. The maximum absolute atomic E-state index is 13.1. The molecule has 0 spiro atoms. The van der Waals surface area contributed by atoms with Crippen LogP contribution in [-0.4, -0.2) is 38.0 Å². The van der Waals surface area contributed by atoms with E-state index in [2.05, 4.69) is 41.2 Å². The molecule has 33 heavy (non-hydrogen) atoms. The number of amides is 1. The van der Waals surface area contributed by atoms with Crippen molar-refractivity contribution < 1.29 is 4.79 Å². The Bertz CT molecular complexity index is 1210. The van der Waals surface area contributed by atoms with Gasteiger partial charge in [-0.2, -0.15) is 0 Å². The van der Waals surface area contributed by atoms with E-state index in [1.807, 2.05) is 66.1 Å². The number of carbonyl (C=O) groups excluding carboxylic acids is 1. The molecule has 0 aliphatic heterocycles. The molecule has 2 heterocycles. The molecule has 2 aromatic carbocycles. The van der Waals surface area contributed by atoms with Gasteiger partial charge in [0.15, 0.2) is 11.0 Å². The van der Waals surface area contributed by atoms with Crippen molar-refractivity contribution in [2.45, 2.75) is 31.8 Å². The second kappa shape index (κ2) is 10.4. The Morgan fingerprint density at radius 3 is 2.45 bits per heavy atom. The van der Waals surface area contributed by atoms with Gasteiger partial charge >= 0.3 is 0 Å². The molecule has 0 aliphatic rings. The van der Waals surface area contributed by atoms with Gasteiger partial charge in [0.25, 0.3) is 0 Å². The fraction of sp³-hybridized carbons (Fsp3) is 0.231. The van der Waals surface area contributed by atoms with Crippen LogP contribution in [-0.2, 0) is 4.79 Å². The molecule has 4 aromatic rings. The van der Waals surface area contributed by atoms with Gasteiger partial charge in [-0.3, -0.25) is 14.3 Å². The van der Waals surface area contributed by atoms with E-state index >= 15 is 0 Å². The molecule has 0 unspecified atom stereocenters. The summed E-state index contributed by atoms with van der Waals surface area (Å²) >= 11 is 1.40. The molecular formula is C26H27N5OS. The molecule has 0 saturated carbocycles. The normalized spacial score (nSPS) is 11.0. The molecule has 168 valence electrons. The maximum Gasteiger partial charge on any atom is 0.237 e. The maximum atomic E-state index is 13.1. The third-order valence-corrected chi connectivity index (χ3v) is 6.28. The highest BCUT2D eigenvalue weighted by Crippen LogP contribution is 2.32. The van der Waals surface area contributed by atoms with Crippen LogP contribution in [0.15, 0.2) is 84.3 Å².